The standard InChI is InChI=1S/C23H22N6O/c1-16-5-3-7-19(11-16)23(30)27-20-8-4-6-18(12-20)17(2)26-21-13-25-14-22(28-21)29-10-9-24-15-29/h3-15,17H,1-2H3,(H,26,28)(H,27,30). The Morgan fingerprint density at radius 1 is 1.07 bits per heavy atom. The second kappa shape index (κ2) is 8.57. The molecule has 2 N–H and O–H groups in total. The van der Waals surface area contributed by atoms with Gasteiger partial charge in [-0.2, -0.15) is 0 Å². The normalized spacial score (nSPS) is 11.7. The first-order valence-corrected chi connectivity index (χ1v) is 9.63. The van der Waals surface area contributed by atoms with Crippen molar-refractivity contribution in [3.8, 4) is 5.82 Å². The number of benzene rings is 2. The second-order valence-electron chi connectivity index (χ2n) is 7.05. The highest BCUT2D eigenvalue weighted by molar-refractivity contribution is 6.04. The fraction of sp³-hybridized carbons (Fsp3) is 0.130. The van der Waals surface area contributed by atoms with E-state index in [4.69, 9.17) is 0 Å². The molecule has 0 saturated heterocycles. The van der Waals surface area contributed by atoms with Gasteiger partial charge in [0.1, 0.15) is 12.1 Å². The van der Waals surface area contributed by atoms with Crippen LogP contribution in [0.25, 0.3) is 5.82 Å². The van der Waals surface area contributed by atoms with Gasteiger partial charge in [-0.25, -0.2) is 9.97 Å². The van der Waals surface area contributed by atoms with Gasteiger partial charge < -0.3 is 10.6 Å². The van der Waals surface area contributed by atoms with E-state index >= 15 is 0 Å². The first-order valence-electron chi connectivity index (χ1n) is 9.63. The number of hydrogen-bond donors (Lipinski definition) is 2. The number of aryl methyl sites for hydroxylation is 1. The van der Waals surface area contributed by atoms with E-state index in [9.17, 15) is 4.79 Å². The molecule has 4 aromatic rings. The Balaban J connectivity index is 1.47. The van der Waals surface area contributed by atoms with Crippen LogP contribution in [0.4, 0.5) is 11.5 Å². The van der Waals surface area contributed by atoms with Crippen molar-refractivity contribution in [3.05, 3.63) is 96.3 Å². The van der Waals surface area contributed by atoms with Crippen LogP contribution in [0.5, 0.6) is 0 Å². The van der Waals surface area contributed by atoms with E-state index in [-0.39, 0.29) is 11.9 Å². The minimum Gasteiger partial charge on any atom is -0.362 e. The summed E-state index contributed by atoms with van der Waals surface area (Å²) < 4.78 is 1.80. The molecule has 1 amide bonds. The number of amides is 1. The molecule has 0 aliphatic carbocycles. The molecule has 0 saturated carbocycles. The predicted octanol–water partition coefficient (Wildman–Crippen LogP) is 4.40. The summed E-state index contributed by atoms with van der Waals surface area (Å²) in [6.45, 7) is 4.00. The molecule has 30 heavy (non-hydrogen) atoms. The van der Waals surface area contributed by atoms with Gasteiger partial charge in [-0.05, 0) is 43.7 Å². The largest absolute Gasteiger partial charge is 0.362 e. The van der Waals surface area contributed by atoms with Gasteiger partial charge in [0.2, 0.25) is 0 Å². The molecule has 2 aromatic carbocycles. The summed E-state index contributed by atoms with van der Waals surface area (Å²) in [4.78, 5) is 25.4. The van der Waals surface area contributed by atoms with E-state index in [0.29, 0.717) is 17.2 Å². The summed E-state index contributed by atoms with van der Waals surface area (Å²) in [5.74, 6) is 1.21. The van der Waals surface area contributed by atoms with E-state index in [1.165, 1.54) is 0 Å². The number of aromatic nitrogens is 4. The van der Waals surface area contributed by atoms with E-state index in [0.717, 1.165) is 16.8 Å². The van der Waals surface area contributed by atoms with Gasteiger partial charge in [-0.1, -0.05) is 29.8 Å². The van der Waals surface area contributed by atoms with Crippen LogP contribution in [-0.4, -0.2) is 25.4 Å². The zero-order valence-electron chi connectivity index (χ0n) is 16.8. The van der Waals surface area contributed by atoms with Crippen molar-refractivity contribution in [2.24, 2.45) is 0 Å². The van der Waals surface area contributed by atoms with Crippen LogP contribution in [0, 0.1) is 6.92 Å². The van der Waals surface area contributed by atoms with E-state index in [1.807, 2.05) is 68.6 Å². The first kappa shape index (κ1) is 19.3. The summed E-state index contributed by atoms with van der Waals surface area (Å²) in [5.41, 5.74) is 3.45. The number of hydrogen-bond acceptors (Lipinski definition) is 5. The van der Waals surface area contributed by atoms with E-state index in [2.05, 4.69) is 25.6 Å². The van der Waals surface area contributed by atoms with Gasteiger partial charge >= 0.3 is 0 Å². The molecule has 7 heteroatoms. The fourth-order valence-electron chi connectivity index (χ4n) is 3.12. The van der Waals surface area contributed by atoms with Gasteiger partial charge in [0.25, 0.3) is 5.91 Å². The number of rotatable bonds is 6. The molecule has 0 spiro atoms. The number of anilines is 2. The Morgan fingerprint density at radius 3 is 2.73 bits per heavy atom. The molecule has 1 unspecified atom stereocenters. The molecule has 0 bridgehead atoms. The van der Waals surface area contributed by atoms with Crippen LogP contribution in [0.15, 0.2) is 79.6 Å². The zero-order chi connectivity index (χ0) is 20.9. The van der Waals surface area contributed by atoms with Crippen molar-refractivity contribution < 1.29 is 4.79 Å². The number of imidazole rings is 1. The van der Waals surface area contributed by atoms with Gasteiger partial charge in [0.05, 0.1) is 18.4 Å². The van der Waals surface area contributed by atoms with Crippen molar-refractivity contribution in [2.45, 2.75) is 19.9 Å². The average Bonchev–Trinajstić information content (AvgIpc) is 3.29. The van der Waals surface area contributed by atoms with Crippen molar-refractivity contribution in [1.82, 2.24) is 19.5 Å². The highest BCUT2D eigenvalue weighted by Gasteiger charge is 2.11. The van der Waals surface area contributed by atoms with Crippen molar-refractivity contribution in [2.75, 3.05) is 10.6 Å². The summed E-state index contributed by atoms with van der Waals surface area (Å²) in [7, 11) is 0. The Kier molecular flexibility index (Phi) is 5.52. The molecule has 2 heterocycles. The number of carbonyl (C=O) groups is 1. The maximum absolute atomic E-state index is 12.5. The lowest BCUT2D eigenvalue weighted by molar-refractivity contribution is 0.102. The molecule has 0 fully saturated rings. The Morgan fingerprint density at radius 2 is 1.93 bits per heavy atom. The lowest BCUT2D eigenvalue weighted by Crippen LogP contribution is -2.13. The number of carbonyl (C=O) groups excluding carboxylic acids is 1. The molecular weight excluding hydrogens is 376 g/mol. The summed E-state index contributed by atoms with van der Waals surface area (Å²) in [6.07, 6.45) is 8.55. The predicted molar refractivity (Wildman–Crippen MR) is 117 cm³/mol. The molecule has 4 rings (SSSR count). The topological polar surface area (TPSA) is 84.7 Å². The Labute approximate surface area is 174 Å². The summed E-state index contributed by atoms with van der Waals surface area (Å²) in [6, 6.07) is 15.3. The van der Waals surface area contributed by atoms with Gasteiger partial charge in [-0.3, -0.25) is 14.3 Å². The highest BCUT2D eigenvalue weighted by Crippen LogP contribution is 2.22. The number of nitrogens with zero attached hydrogens (tertiary/aromatic N) is 4. The smallest absolute Gasteiger partial charge is 0.255 e. The lowest BCUT2D eigenvalue weighted by atomic mass is 10.1. The second-order valence-corrected chi connectivity index (χ2v) is 7.05. The first-order chi connectivity index (χ1) is 14.6. The maximum Gasteiger partial charge on any atom is 0.255 e. The van der Waals surface area contributed by atoms with Crippen molar-refractivity contribution in [1.29, 1.82) is 0 Å². The molecular formula is C23H22N6O. The summed E-state index contributed by atoms with van der Waals surface area (Å²) in [5, 5.41) is 6.33. The number of nitrogens with one attached hydrogen (secondary N) is 2. The van der Waals surface area contributed by atoms with Crippen LogP contribution in [0.2, 0.25) is 0 Å². The Hall–Kier alpha value is -4.00. The SMILES string of the molecule is Cc1cccc(C(=O)Nc2cccc(C(C)Nc3cncc(-n4ccnc4)n3)c2)c1. The quantitative estimate of drug-likeness (QED) is 0.503. The fourth-order valence-corrected chi connectivity index (χ4v) is 3.12. The Bertz CT molecular complexity index is 1160. The minimum absolute atomic E-state index is 0.0341. The van der Waals surface area contributed by atoms with E-state index < -0.39 is 0 Å². The highest BCUT2D eigenvalue weighted by atomic mass is 16.1. The molecule has 0 aliphatic rings. The molecule has 150 valence electrons. The van der Waals surface area contributed by atoms with Crippen LogP contribution in [0.3, 0.4) is 0 Å². The van der Waals surface area contributed by atoms with Gasteiger partial charge in [0.15, 0.2) is 5.82 Å². The summed E-state index contributed by atoms with van der Waals surface area (Å²) >= 11 is 0. The van der Waals surface area contributed by atoms with E-state index in [1.54, 1.807) is 29.5 Å². The van der Waals surface area contributed by atoms with Crippen LogP contribution >= 0.6 is 0 Å². The minimum atomic E-state index is -0.129. The van der Waals surface area contributed by atoms with Crippen molar-refractivity contribution in [3.63, 3.8) is 0 Å². The third kappa shape index (κ3) is 4.52. The molecule has 0 radical (unpaired) electrons. The third-order valence-electron chi connectivity index (χ3n) is 4.68. The van der Waals surface area contributed by atoms with Gasteiger partial charge in [-0.15, -0.1) is 0 Å². The van der Waals surface area contributed by atoms with Crippen LogP contribution in [0.1, 0.15) is 34.5 Å². The average molecular weight is 398 g/mol. The lowest BCUT2D eigenvalue weighted by Gasteiger charge is -2.16. The van der Waals surface area contributed by atoms with Gasteiger partial charge in [0, 0.05) is 23.6 Å². The van der Waals surface area contributed by atoms with Crippen LogP contribution in [-0.2, 0) is 0 Å². The zero-order valence-corrected chi connectivity index (χ0v) is 16.8. The monoisotopic (exact) mass is 398 g/mol. The van der Waals surface area contributed by atoms with Crippen molar-refractivity contribution >= 4 is 17.4 Å². The maximum atomic E-state index is 12.5. The van der Waals surface area contributed by atoms with Crippen LogP contribution < -0.4 is 10.6 Å². The molecule has 2 aromatic heterocycles. The molecule has 1 atom stereocenters. The molecule has 7 nitrogen and oxygen atoms in total. The molecule has 0 aliphatic heterocycles. The third-order valence-corrected chi connectivity index (χ3v) is 4.68.